The van der Waals surface area contributed by atoms with Crippen LogP contribution in [0.4, 0.5) is 11.4 Å². The third-order valence-electron chi connectivity index (χ3n) is 5.09. The van der Waals surface area contributed by atoms with Crippen molar-refractivity contribution in [1.82, 2.24) is 9.78 Å². The van der Waals surface area contributed by atoms with E-state index in [2.05, 4.69) is 10.4 Å². The topological polar surface area (TPSA) is 103 Å². The van der Waals surface area contributed by atoms with Crippen LogP contribution < -0.4 is 19.1 Å². The number of aryl methyl sites for hydroxylation is 2. The molecule has 0 spiro atoms. The molecule has 0 saturated heterocycles. The number of carbonyl (C=O) groups is 1. The lowest BCUT2D eigenvalue weighted by Gasteiger charge is -2.24. The molecule has 0 aliphatic carbocycles. The third kappa shape index (κ3) is 5.28. The lowest BCUT2D eigenvalue weighted by molar-refractivity contribution is -0.114. The number of hydrogen-bond donors (Lipinski definition) is 1. The smallest absolute Gasteiger partial charge is 0.268 e. The molecule has 0 saturated carbocycles. The minimum Gasteiger partial charge on any atom is -0.497 e. The number of rotatable bonds is 9. The molecule has 10 heteroatoms. The van der Waals surface area contributed by atoms with Crippen LogP contribution in [0, 0.1) is 13.8 Å². The van der Waals surface area contributed by atoms with E-state index < -0.39 is 22.5 Å². The molecule has 2 aromatic carbocycles. The Morgan fingerprint density at radius 3 is 2.18 bits per heavy atom. The first-order valence-electron chi connectivity index (χ1n) is 10.4. The van der Waals surface area contributed by atoms with E-state index in [0.29, 0.717) is 40.9 Å². The third-order valence-corrected chi connectivity index (χ3v) is 7.11. The molecule has 1 N–H and O–H groups in total. The Bertz CT molecular complexity index is 1220. The number of ether oxygens (including phenoxy) is 2. The van der Waals surface area contributed by atoms with Crippen LogP contribution in [-0.2, 0) is 21.9 Å². The fourth-order valence-corrected chi connectivity index (χ4v) is 5.26. The van der Waals surface area contributed by atoms with Crippen molar-refractivity contribution < 1.29 is 22.7 Å². The number of sulfonamides is 1. The molecule has 0 fully saturated rings. The summed E-state index contributed by atoms with van der Waals surface area (Å²) in [7, 11) is -0.885. The summed E-state index contributed by atoms with van der Waals surface area (Å²) in [6, 6.07) is 13.4. The van der Waals surface area contributed by atoms with Gasteiger partial charge in [0, 0.05) is 12.7 Å². The van der Waals surface area contributed by atoms with Crippen molar-refractivity contribution in [3.8, 4) is 11.5 Å². The van der Waals surface area contributed by atoms with Gasteiger partial charge in [-0.3, -0.25) is 13.8 Å². The van der Waals surface area contributed by atoms with Gasteiger partial charge in [-0.1, -0.05) is 0 Å². The number of benzene rings is 2. The van der Waals surface area contributed by atoms with Crippen molar-refractivity contribution in [3.63, 3.8) is 0 Å². The van der Waals surface area contributed by atoms with Crippen LogP contribution in [0.15, 0.2) is 53.4 Å². The zero-order valence-corrected chi connectivity index (χ0v) is 20.1. The predicted octanol–water partition coefficient (Wildman–Crippen LogP) is 3.28. The highest BCUT2D eigenvalue weighted by atomic mass is 32.2. The van der Waals surface area contributed by atoms with Gasteiger partial charge in [0.05, 0.1) is 30.8 Å². The number of amides is 1. The van der Waals surface area contributed by atoms with Crippen LogP contribution in [0.1, 0.15) is 18.3 Å². The second kappa shape index (κ2) is 9.95. The van der Waals surface area contributed by atoms with Crippen LogP contribution in [-0.4, -0.2) is 44.4 Å². The molecule has 0 aliphatic heterocycles. The maximum atomic E-state index is 13.7. The highest BCUT2D eigenvalue weighted by Crippen LogP contribution is 2.29. The zero-order chi connectivity index (χ0) is 24.2. The van der Waals surface area contributed by atoms with Gasteiger partial charge in [-0.15, -0.1) is 0 Å². The molecular weight excluding hydrogens is 444 g/mol. The van der Waals surface area contributed by atoms with Crippen molar-refractivity contribution in [2.75, 3.05) is 29.9 Å². The van der Waals surface area contributed by atoms with Crippen LogP contribution in [0.2, 0.25) is 0 Å². The van der Waals surface area contributed by atoms with Crippen molar-refractivity contribution in [2.45, 2.75) is 25.7 Å². The molecule has 1 amide bonds. The number of aromatic nitrogens is 2. The largest absolute Gasteiger partial charge is 0.497 e. The molecule has 0 unspecified atom stereocenters. The van der Waals surface area contributed by atoms with Crippen LogP contribution in [0.3, 0.4) is 0 Å². The van der Waals surface area contributed by atoms with Crippen molar-refractivity contribution >= 4 is 27.3 Å². The Labute approximate surface area is 194 Å². The Hall–Kier alpha value is -3.53. The first-order chi connectivity index (χ1) is 15.7. The van der Waals surface area contributed by atoms with Gasteiger partial charge in [-0.05, 0) is 69.3 Å². The van der Waals surface area contributed by atoms with E-state index in [0.717, 1.165) is 4.31 Å². The number of carbonyl (C=O) groups excluding carboxylic acids is 1. The summed E-state index contributed by atoms with van der Waals surface area (Å²) in [5.41, 5.74) is 1.71. The maximum Gasteiger partial charge on any atom is 0.268 e. The molecule has 176 valence electrons. The van der Waals surface area contributed by atoms with Gasteiger partial charge in [0.25, 0.3) is 10.0 Å². The van der Waals surface area contributed by atoms with E-state index in [1.54, 1.807) is 69.4 Å². The van der Waals surface area contributed by atoms with Gasteiger partial charge in [0.15, 0.2) is 0 Å². The van der Waals surface area contributed by atoms with Gasteiger partial charge >= 0.3 is 0 Å². The van der Waals surface area contributed by atoms with E-state index in [-0.39, 0.29) is 4.90 Å². The Morgan fingerprint density at radius 2 is 1.67 bits per heavy atom. The van der Waals surface area contributed by atoms with Crippen molar-refractivity contribution in [1.29, 1.82) is 0 Å². The molecule has 3 aromatic rings. The van der Waals surface area contributed by atoms with E-state index in [1.165, 1.54) is 11.8 Å². The highest BCUT2D eigenvalue weighted by Gasteiger charge is 2.32. The second-order valence-electron chi connectivity index (χ2n) is 7.34. The normalized spacial score (nSPS) is 11.2. The zero-order valence-electron chi connectivity index (χ0n) is 19.3. The summed E-state index contributed by atoms with van der Waals surface area (Å²) in [5, 5.41) is 6.97. The Balaban J connectivity index is 1.94. The lowest BCUT2D eigenvalue weighted by Crippen LogP contribution is -2.38. The summed E-state index contributed by atoms with van der Waals surface area (Å²) < 4.78 is 40.6. The van der Waals surface area contributed by atoms with E-state index in [1.807, 2.05) is 6.92 Å². The van der Waals surface area contributed by atoms with E-state index in [9.17, 15) is 13.2 Å². The van der Waals surface area contributed by atoms with Crippen LogP contribution >= 0.6 is 0 Å². The molecular formula is C23H28N4O5S. The molecule has 0 atom stereocenters. The van der Waals surface area contributed by atoms with E-state index >= 15 is 0 Å². The molecule has 0 bridgehead atoms. The van der Waals surface area contributed by atoms with Gasteiger partial charge in [0.1, 0.15) is 22.9 Å². The fraction of sp³-hybridized carbons (Fsp3) is 0.304. The maximum absolute atomic E-state index is 13.7. The first-order valence-corrected chi connectivity index (χ1v) is 11.8. The number of anilines is 2. The average Bonchev–Trinajstić information content (AvgIpc) is 3.05. The predicted molar refractivity (Wildman–Crippen MR) is 126 cm³/mol. The molecule has 3 rings (SSSR count). The molecule has 33 heavy (non-hydrogen) atoms. The summed E-state index contributed by atoms with van der Waals surface area (Å²) in [6.45, 7) is 5.31. The average molecular weight is 473 g/mol. The van der Waals surface area contributed by atoms with Crippen molar-refractivity contribution in [3.05, 3.63) is 59.9 Å². The molecule has 0 aliphatic rings. The summed E-state index contributed by atoms with van der Waals surface area (Å²) in [5.74, 6) is 0.766. The van der Waals surface area contributed by atoms with Crippen LogP contribution in [0.5, 0.6) is 11.5 Å². The standard InChI is InChI=1S/C23H28N4O5S/c1-6-32-21-11-7-18(8-12-21)24-22(28)15-27(19-9-13-20(31-5)14-10-19)33(29,30)23-16(2)25-26(4)17(23)3/h7-14H,6,15H2,1-5H3,(H,24,28). The van der Waals surface area contributed by atoms with Crippen LogP contribution in [0.25, 0.3) is 0 Å². The fourth-order valence-electron chi connectivity index (χ4n) is 3.43. The first kappa shape index (κ1) is 24.1. The number of hydrogen-bond acceptors (Lipinski definition) is 6. The van der Waals surface area contributed by atoms with E-state index in [4.69, 9.17) is 9.47 Å². The summed E-state index contributed by atoms with van der Waals surface area (Å²) in [4.78, 5) is 13.0. The molecule has 9 nitrogen and oxygen atoms in total. The molecule has 0 radical (unpaired) electrons. The van der Waals surface area contributed by atoms with Gasteiger partial charge in [0.2, 0.25) is 5.91 Å². The lowest BCUT2D eigenvalue weighted by atomic mass is 10.3. The van der Waals surface area contributed by atoms with Crippen molar-refractivity contribution in [2.24, 2.45) is 7.05 Å². The van der Waals surface area contributed by atoms with Gasteiger partial charge in [-0.2, -0.15) is 5.10 Å². The number of nitrogens with one attached hydrogen (secondary N) is 1. The van der Waals surface area contributed by atoms with Gasteiger partial charge < -0.3 is 14.8 Å². The second-order valence-corrected chi connectivity index (χ2v) is 9.14. The molecule has 1 heterocycles. The monoisotopic (exact) mass is 472 g/mol. The quantitative estimate of drug-likeness (QED) is 0.513. The summed E-state index contributed by atoms with van der Waals surface area (Å²) >= 11 is 0. The Morgan fingerprint density at radius 1 is 1.06 bits per heavy atom. The number of nitrogens with zero attached hydrogens (tertiary/aromatic N) is 3. The van der Waals surface area contributed by atoms with Gasteiger partial charge in [-0.25, -0.2) is 8.42 Å². The molecule has 1 aromatic heterocycles. The summed E-state index contributed by atoms with van der Waals surface area (Å²) in [6.07, 6.45) is 0. The minimum absolute atomic E-state index is 0.0784. The number of methoxy groups -OCH3 is 1. The highest BCUT2D eigenvalue weighted by molar-refractivity contribution is 7.93. The Kier molecular flexibility index (Phi) is 7.27. The minimum atomic E-state index is -4.09. The SMILES string of the molecule is CCOc1ccc(NC(=O)CN(c2ccc(OC)cc2)S(=O)(=O)c2c(C)nn(C)c2C)cc1.